The van der Waals surface area contributed by atoms with Crippen LogP contribution in [0.1, 0.15) is 105 Å². The molecule has 3 N–H and O–H groups in total. The zero-order valence-electron chi connectivity index (χ0n) is 19.8. The summed E-state index contributed by atoms with van der Waals surface area (Å²) in [6, 6.07) is 0. The average molecular weight is 402 g/mol. The van der Waals surface area contributed by atoms with Crippen LogP contribution in [-0.4, -0.2) is 11.2 Å². The van der Waals surface area contributed by atoms with Gasteiger partial charge in [-0.1, -0.05) is 53.9 Å². The van der Waals surface area contributed by atoms with Gasteiger partial charge in [0.1, 0.15) is 0 Å². The van der Waals surface area contributed by atoms with E-state index in [4.69, 9.17) is 5.73 Å². The summed E-state index contributed by atoms with van der Waals surface area (Å²) in [5.74, 6) is 5.06. The van der Waals surface area contributed by atoms with E-state index < -0.39 is 0 Å². The van der Waals surface area contributed by atoms with Gasteiger partial charge in [0.25, 0.3) is 0 Å². The molecule has 8 atom stereocenters. The van der Waals surface area contributed by atoms with E-state index >= 15 is 0 Å². The predicted octanol–water partition coefficient (Wildman–Crippen LogP) is 6.68. The second-order valence-electron chi connectivity index (χ2n) is 12.4. The van der Waals surface area contributed by atoms with Crippen LogP contribution in [0.15, 0.2) is 11.3 Å². The molecule has 3 fully saturated rings. The van der Waals surface area contributed by atoms with Crippen molar-refractivity contribution < 1.29 is 5.11 Å². The molecule has 0 aromatic carbocycles. The fraction of sp³-hybridized carbons (Fsp3) is 0.926. The number of hydrogen-bond donors (Lipinski definition) is 2. The van der Waals surface area contributed by atoms with E-state index in [0.717, 1.165) is 66.9 Å². The Morgan fingerprint density at radius 2 is 1.72 bits per heavy atom. The van der Waals surface area contributed by atoms with Gasteiger partial charge in [-0.05, 0) is 103 Å². The quantitative estimate of drug-likeness (QED) is 0.540. The molecule has 4 rings (SSSR count). The molecule has 0 aromatic heterocycles. The minimum Gasteiger partial charge on any atom is -0.402 e. The zero-order chi connectivity index (χ0) is 21.0. The topological polar surface area (TPSA) is 46.2 Å². The molecule has 0 amide bonds. The van der Waals surface area contributed by atoms with Gasteiger partial charge in [-0.25, -0.2) is 0 Å². The summed E-state index contributed by atoms with van der Waals surface area (Å²) in [5.41, 5.74) is 10.1. The summed E-state index contributed by atoms with van der Waals surface area (Å²) < 4.78 is 0. The summed E-state index contributed by atoms with van der Waals surface area (Å²) in [7, 11) is 0. The third-order valence-corrected chi connectivity index (χ3v) is 10.4. The number of nitrogens with two attached hydrogens (primary N) is 1. The molecule has 4 aliphatic rings. The van der Waals surface area contributed by atoms with Gasteiger partial charge in [-0.2, -0.15) is 0 Å². The van der Waals surface area contributed by atoms with Crippen LogP contribution >= 0.6 is 0 Å². The lowest BCUT2D eigenvalue weighted by Crippen LogP contribution is -2.52. The largest absolute Gasteiger partial charge is 0.402 e. The molecule has 0 saturated heterocycles. The van der Waals surface area contributed by atoms with Crippen molar-refractivity contribution in [2.24, 2.45) is 52.1 Å². The fourth-order valence-corrected chi connectivity index (χ4v) is 8.86. The molecule has 4 aliphatic carbocycles. The number of aliphatic hydroxyl groups is 1. The normalized spacial score (nSPS) is 45.7. The standard InChI is InChI=1S/C27H47NO/c1-17(2)7-6-8-18(3)21-9-10-22-20-16-25(28)24-15-19(29)11-13-27(24,5)23(20)12-14-26(21,22)4/h17-23,29H,6-16,28H2,1-5H3/t18-,19+,20+,21-,22+,23+,26-,27-/m1/s1. The number of aliphatic hydroxyl groups excluding tert-OH is 1. The lowest BCUT2D eigenvalue weighted by Gasteiger charge is -2.59. The Kier molecular flexibility index (Phi) is 5.90. The van der Waals surface area contributed by atoms with Gasteiger partial charge in [0.15, 0.2) is 0 Å². The molecule has 0 heterocycles. The van der Waals surface area contributed by atoms with Crippen LogP contribution in [-0.2, 0) is 0 Å². The SMILES string of the molecule is CC(C)CCC[C@@H](C)[C@H]1CC[C@H]2[C@@H]3CC(N)=C4C[C@@H](O)CC[C@]4(C)[C@H]3CC[C@]12C. The van der Waals surface area contributed by atoms with Gasteiger partial charge >= 0.3 is 0 Å². The molecule has 166 valence electrons. The Hall–Kier alpha value is -0.500. The summed E-state index contributed by atoms with van der Waals surface area (Å²) in [4.78, 5) is 0. The first-order valence-corrected chi connectivity index (χ1v) is 12.8. The third-order valence-electron chi connectivity index (χ3n) is 10.4. The van der Waals surface area contributed by atoms with Gasteiger partial charge in [-0.3, -0.25) is 0 Å². The van der Waals surface area contributed by atoms with Crippen LogP contribution in [0.3, 0.4) is 0 Å². The summed E-state index contributed by atoms with van der Waals surface area (Å²) in [6.07, 6.45) is 13.8. The van der Waals surface area contributed by atoms with E-state index in [1.165, 1.54) is 50.5 Å². The second-order valence-corrected chi connectivity index (χ2v) is 12.4. The molecule has 0 spiro atoms. The molecule has 0 unspecified atom stereocenters. The van der Waals surface area contributed by atoms with Crippen LogP contribution in [0.25, 0.3) is 0 Å². The van der Waals surface area contributed by atoms with Crippen molar-refractivity contribution in [1.29, 1.82) is 0 Å². The summed E-state index contributed by atoms with van der Waals surface area (Å²) in [6.45, 7) is 12.4. The number of rotatable bonds is 5. The summed E-state index contributed by atoms with van der Waals surface area (Å²) in [5, 5.41) is 10.3. The van der Waals surface area contributed by atoms with Crippen LogP contribution in [0.2, 0.25) is 0 Å². The maximum Gasteiger partial charge on any atom is 0.0578 e. The Balaban J connectivity index is 1.53. The van der Waals surface area contributed by atoms with E-state index in [2.05, 4.69) is 34.6 Å². The highest BCUT2D eigenvalue weighted by molar-refractivity contribution is 5.30. The average Bonchev–Trinajstić information content (AvgIpc) is 3.00. The highest BCUT2D eigenvalue weighted by Crippen LogP contribution is 2.67. The molecular formula is C27H47NO. The van der Waals surface area contributed by atoms with Crippen molar-refractivity contribution >= 4 is 0 Å². The van der Waals surface area contributed by atoms with E-state index in [1.54, 1.807) is 0 Å². The van der Waals surface area contributed by atoms with Gasteiger partial charge in [0.05, 0.1) is 6.10 Å². The smallest absolute Gasteiger partial charge is 0.0578 e. The van der Waals surface area contributed by atoms with E-state index in [9.17, 15) is 5.11 Å². The Morgan fingerprint density at radius 3 is 2.45 bits per heavy atom. The van der Waals surface area contributed by atoms with Crippen LogP contribution in [0.4, 0.5) is 0 Å². The maximum absolute atomic E-state index is 10.3. The van der Waals surface area contributed by atoms with Crippen LogP contribution in [0.5, 0.6) is 0 Å². The fourth-order valence-electron chi connectivity index (χ4n) is 8.86. The molecule has 0 aromatic rings. The van der Waals surface area contributed by atoms with Gasteiger partial charge in [0, 0.05) is 5.70 Å². The number of allylic oxidation sites excluding steroid dienone is 1. The van der Waals surface area contributed by atoms with Crippen molar-refractivity contribution in [3.8, 4) is 0 Å². The minimum absolute atomic E-state index is 0.162. The highest BCUT2D eigenvalue weighted by atomic mass is 16.3. The van der Waals surface area contributed by atoms with E-state index in [0.29, 0.717) is 5.41 Å². The van der Waals surface area contributed by atoms with Gasteiger partial charge < -0.3 is 10.8 Å². The van der Waals surface area contributed by atoms with Crippen LogP contribution < -0.4 is 5.73 Å². The lowest BCUT2D eigenvalue weighted by atomic mass is 9.46. The maximum atomic E-state index is 10.3. The third kappa shape index (κ3) is 3.60. The second kappa shape index (κ2) is 7.88. The van der Waals surface area contributed by atoms with Gasteiger partial charge in [-0.15, -0.1) is 0 Å². The van der Waals surface area contributed by atoms with Crippen molar-refractivity contribution in [2.45, 2.75) is 111 Å². The van der Waals surface area contributed by atoms with E-state index in [1.807, 2.05) is 0 Å². The van der Waals surface area contributed by atoms with E-state index in [-0.39, 0.29) is 11.5 Å². The number of fused-ring (bicyclic) bond motifs is 5. The molecule has 3 saturated carbocycles. The Labute approximate surface area is 180 Å². The first-order chi connectivity index (χ1) is 13.7. The molecule has 0 aliphatic heterocycles. The van der Waals surface area contributed by atoms with Crippen molar-refractivity contribution in [3.63, 3.8) is 0 Å². The van der Waals surface area contributed by atoms with Gasteiger partial charge in [0.2, 0.25) is 0 Å². The highest BCUT2D eigenvalue weighted by Gasteiger charge is 2.59. The van der Waals surface area contributed by atoms with Crippen molar-refractivity contribution in [1.82, 2.24) is 0 Å². The van der Waals surface area contributed by atoms with Crippen molar-refractivity contribution in [3.05, 3.63) is 11.3 Å². The number of hydrogen-bond acceptors (Lipinski definition) is 2. The van der Waals surface area contributed by atoms with Crippen molar-refractivity contribution in [2.75, 3.05) is 0 Å². The molecule has 0 bridgehead atoms. The Morgan fingerprint density at radius 1 is 0.966 bits per heavy atom. The first-order valence-electron chi connectivity index (χ1n) is 12.8. The Bertz CT molecular complexity index is 638. The lowest BCUT2D eigenvalue weighted by molar-refractivity contribution is -0.0598. The first kappa shape index (κ1) is 21.7. The summed E-state index contributed by atoms with van der Waals surface area (Å²) >= 11 is 0. The molecule has 2 nitrogen and oxygen atoms in total. The molecular weight excluding hydrogens is 354 g/mol. The molecule has 29 heavy (non-hydrogen) atoms. The predicted molar refractivity (Wildman–Crippen MR) is 122 cm³/mol. The monoisotopic (exact) mass is 401 g/mol. The minimum atomic E-state index is -0.162. The molecule has 0 radical (unpaired) electrons. The zero-order valence-corrected chi connectivity index (χ0v) is 19.8. The molecule has 2 heteroatoms. The van der Waals surface area contributed by atoms with Crippen LogP contribution in [0, 0.1) is 46.3 Å².